The summed E-state index contributed by atoms with van der Waals surface area (Å²) in [6, 6.07) is 4.28. The van der Waals surface area contributed by atoms with Crippen LogP contribution in [0.1, 0.15) is 48.9 Å². The first-order valence-electron chi connectivity index (χ1n) is 8.96. The van der Waals surface area contributed by atoms with Crippen molar-refractivity contribution in [1.29, 1.82) is 0 Å². The average molecular weight is 389 g/mol. The molecule has 7 heteroatoms. The van der Waals surface area contributed by atoms with Crippen LogP contribution < -0.4 is 10.2 Å². The Morgan fingerprint density at radius 2 is 1.84 bits per heavy atom. The minimum atomic E-state index is 0. The van der Waals surface area contributed by atoms with Crippen LogP contribution in [0.5, 0.6) is 0 Å². The van der Waals surface area contributed by atoms with Crippen molar-refractivity contribution in [2.45, 2.75) is 44.6 Å². The molecule has 2 aliphatic rings. The molecule has 0 aliphatic carbocycles. The number of aromatic nitrogens is 1. The highest BCUT2D eigenvalue weighted by molar-refractivity contribution is 5.94. The van der Waals surface area contributed by atoms with E-state index in [9.17, 15) is 4.79 Å². The zero-order valence-corrected chi connectivity index (χ0v) is 16.6. The van der Waals surface area contributed by atoms with E-state index >= 15 is 0 Å². The van der Waals surface area contributed by atoms with Gasteiger partial charge in [0.25, 0.3) is 5.91 Å². The van der Waals surface area contributed by atoms with E-state index in [2.05, 4.69) is 15.2 Å². The summed E-state index contributed by atoms with van der Waals surface area (Å²) >= 11 is 0. The van der Waals surface area contributed by atoms with Crippen LogP contribution >= 0.6 is 24.8 Å². The first-order valence-corrected chi connectivity index (χ1v) is 8.96. The number of likely N-dealkylation sites (tertiary alicyclic amines) is 1. The van der Waals surface area contributed by atoms with Gasteiger partial charge < -0.3 is 15.1 Å². The van der Waals surface area contributed by atoms with E-state index in [0.717, 1.165) is 44.8 Å². The number of anilines is 1. The molecule has 1 N–H and O–H groups in total. The Hall–Kier alpha value is -1.04. The molecule has 0 spiro atoms. The number of likely N-dealkylation sites (N-methyl/N-ethyl adjacent to an activating group) is 1. The molecule has 3 heterocycles. The number of halogens is 2. The van der Waals surface area contributed by atoms with Gasteiger partial charge in [-0.25, -0.2) is 4.98 Å². The number of amides is 1. The fraction of sp³-hybridized carbons (Fsp3) is 0.667. The van der Waals surface area contributed by atoms with Crippen molar-refractivity contribution in [2.75, 3.05) is 38.1 Å². The lowest BCUT2D eigenvalue weighted by atomic mass is 10.2. The SMILES string of the molecule is CNCC1CCCN1C(=O)c1ccc(N2CCCCCC2)nc1.Cl.Cl. The lowest BCUT2D eigenvalue weighted by Gasteiger charge is -2.25. The van der Waals surface area contributed by atoms with Gasteiger partial charge in [0.15, 0.2) is 0 Å². The summed E-state index contributed by atoms with van der Waals surface area (Å²) in [7, 11) is 1.94. The van der Waals surface area contributed by atoms with Crippen molar-refractivity contribution in [3.63, 3.8) is 0 Å². The average Bonchev–Trinajstić information content (AvgIpc) is 2.87. The van der Waals surface area contributed by atoms with Gasteiger partial charge in [-0.2, -0.15) is 0 Å². The highest BCUT2D eigenvalue weighted by Crippen LogP contribution is 2.21. The Morgan fingerprint density at radius 1 is 1.12 bits per heavy atom. The molecule has 2 saturated heterocycles. The van der Waals surface area contributed by atoms with Gasteiger partial charge in [0.05, 0.1) is 5.56 Å². The molecule has 1 aromatic rings. The monoisotopic (exact) mass is 388 g/mol. The van der Waals surface area contributed by atoms with Gasteiger partial charge in [0, 0.05) is 38.4 Å². The quantitative estimate of drug-likeness (QED) is 0.860. The highest BCUT2D eigenvalue weighted by Gasteiger charge is 2.29. The Bertz CT molecular complexity index is 518. The van der Waals surface area contributed by atoms with Gasteiger partial charge in [0.2, 0.25) is 0 Å². The van der Waals surface area contributed by atoms with Crippen LogP contribution in [0.3, 0.4) is 0 Å². The third-order valence-electron chi connectivity index (χ3n) is 5.00. The maximum atomic E-state index is 12.7. The fourth-order valence-corrected chi connectivity index (χ4v) is 3.72. The fourth-order valence-electron chi connectivity index (χ4n) is 3.72. The molecule has 0 bridgehead atoms. The highest BCUT2D eigenvalue weighted by atomic mass is 35.5. The van der Waals surface area contributed by atoms with E-state index in [1.165, 1.54) is 25.7 Å². The first kappa shape index (κ1) is 22.0. The number of hydrogen-bond donors (Lipinski definition) is 1. The Labute approximate surface area is 163 Å². The summed E-state index contributed by atoms with van der Waals surface area (Å²) in [5, 5.41) is 3.19. The number of nitrogens with zero attached hydrogens (tertiary/aromatic N) is 3. The molecule has 2 aliphatic heterocycles. The Balaban J connectivity index is 0.00000156. The smallest absolute Gasteiger partial charge is 0.255 e. The summed E-state index contributed by atoms with van der Waals surface area (Å²) in [6.07, 6.45) is 9.05. The van der Waals surface area contributed by atoms with Gasteiger partial charge in [-0.15, -0.1) is 24.8 Å². The first-order chi connectivity index (χ1) is 11.3. The molecule has 1 unspecified atom stereocenters. The van der Waals surface area contributed by atoms with Crippen molar-refractivity contribution in [2.24, 2.45) is 0 Å². The minimum absolute atomic E-state index is 0. The zero-order valence-electron chi connectivity index (χ0n) is 14.9. The lowest BCUT2D eigenvalue weighted by molar-refractivity contribution is 0.0736. The number of hydrogen-bond acceptors (Lipinski definition) is 4. The van der Waals surface area contributed by atoms with Gasteiger partial charge in [-0.1, -0.05) is 12.8 Å². The van der Waals surface area contributed by atoms with Crippen LogP contribution in [-0.2, 0) is 0 Å². The largest absolute Gasteiger partial charge is 0.357 e. The normalized spacial score (nSPS) is 20.4. The molecule has 25 heavy (non-hydrogen) atoms. The summed E-state index contributed by atoms with van der Waals surface area (Å²) in [5.41, 5.74) is 0.714. The molecular weight excluding hydrogens is 359 g/mol. The van der Waals surface area contributed by atoms with E-state index in [1.807, 2.05) is 24.1 Å². The Kier molecular flexibility index (Phi) is 9.54. The van der Waals surface area contributed by atoms with E-state index in [4.69, 9.17) is 0 Å². The molecule has 142 valence electrons. The molecule has 5 nitrogen and oxygen atoms in total. The number of pyridine rings is 1. The van der Waals surface area contributed by atoms with Crippen LogP contribution in [0.2, 0.25) is 0 Å². The topological polar surface area (TPSA) is 48.5 Å². The van der Waals surface area contributed by atoms with Crippen LogP contribution in [0.25, 0.3) is 0 Å². The lowest BCUT2D eigenvalue weighted by Crippen LogP contribution is -2.40. The molecule has 2 fully saturated rings. The standard InChI is InChI=1S/C18H28N4O.2ClH/c1-19-14-16-7-6-12-22(16)18(23)15-8-9-17(20-13-15)21-10-4-2-3-5-11-21;;/h8-9,13,16,19H,2-7,10-12,14H2,1H3;2*1H. The summed E-state index contributed by atoms with van der Waals surface area (Å²) in [4.78, 5) is 21.6. The zero-order chi connectivity index (χ0) is 16.1. The van der Waals surface area contributed by atoms with Crippen LogP contribution in [0.4, 0.5) is 5.82 Å². The maximum Gasteiger partial charge on any atom is 0.255 e. The van der Waals surface area contributed by atoms with Gasteiger partial charge in [-0.3, -0.25) is 4.79 Å². The van der Waals surface area contributed by atoms with Crippen molar-refractivity contribution >= 4 is 36.5 Å². The number of nitrogens with one attached hydrogen (secondary N) is 1. The third-order valence-corrected chi connectivity index (χ3v) is 5.00. The second-order valence-corrected chi connectivity index (χ2v) is 6.66. The van der Waals surface area contributed by atoms with E-state index < -0.39 is 0 Å². The third kappa shape index (κ3) is 5.47. The maximum absolute atomic E-state index is 12.7. The summed E-state index contributed by atoms with van der Waals surface area (Å²) < 4.78 is 0. The predicted octanol–water partition coefficient (Wildman–Crippen LogP) is 3.13. The van der Waals surface area contributed by atoms with E-state index in [-0.39, 0.29) is 30.7 Å². The van der Waals surface area contributed by atoms with Crippen LogP contribution in [0, 0.1) is 0 Å². The Morgan fingerprint density at radius 3 is 2.44 bits per heavy atom. The number of carbonyl (C=O) groups excluding carboxylic acids is 1. The van der Waals surface area contributed by atoms with Crippen molar-refractivity contribution < 1.29 is 4.79 Å². The van der Waals surface area contributed by atoms with Crippen LogP contribution in [-0.4, -0.2) is 55.1 Å². The number of rotatable bonds is 4. The second-order valence-electron chi connectivity index (χ2n) is 6.66. The second kappa shape index (κ2) is 10.8. The summed E-state index contributed by atoms with van der Waals surface area (Å²) in [6.45, 7) is 3.89. The molecule has 3 rings (SSSR count). The van der Waals surface area contributed by atoms with E-state index in [1.54, 1.807) is 6.20 Å². The molecule has 1 aromatic heterocycles. The van der Waals surface area contributed by atoms with Crippen molar-refractivity contribution in [1.82, 2.24) is 15.2 Å². The molecule has 1 amide bonds. The molecule has 1 atom stereocenters. The minimum Gasteiger partial charge on any atom is -0.357 e. The molecule has 0 saturated carbocycles. The van der Waals surface area contributed by atoms with E-state index in [0.29, 0.717) is 11.6 Å². The van der Waals surface area contributed by atoms with Crippen molar-refractivity contribution in [3.8, 4) is 0 Å². The van der Waals surface area contributed by atoms with Gasteiger partial charge >= 0.3 is 0 Å². The van der Waals surface area contributed by atoms with Crippen molar-refractivity contribution in [3.05, 3.63) is 23.9 Å². The molecule has 0 radical (unpaired) electrons. The predicted molar refractivity (Wildman–Crippen MR) is 107 cm³/mol. The summed E-state index contributed by atoms with van der Waals surface area (Å²) in [5.74, 6) is 1.13. The number of carbonyl (C=O) groups is 1. The molecular formula is C18H30Cl2N4O. The van der Waals surface area contributed by atoms with Crippen LogP contribution in [0.15, 0.2) is 18.3 Å². The molecule has 0 aromatic carbocycles. The van der Waals surface area contributed by atoms with Gasteiger partial charge in [-0.05, 0) is 44.9 Å². The van der Waals surface area contributed by atoms with Gasteiger partial charge in [0.1, 0.15) is 5.82 Å².